The minimum atomic E-state index is -4.50. The Hall–Kier alpha value is -1.27. The number of halogens is 4. The van der Waals surface area contributed by atoms with Gasteiger partial charge in [-0.3, -0.25) is 4.79 Å². The predicted octanol–water partition coefficient (Wildman–Crippen LogP) is 3.30. The Kier molecular flexibility index (Phi) is 4.25. The second kappa shape index (κ2) is 5.61. The van der Waals surface area contributed by atoms with Gasteiger partial charge in [-0.15, -0.1) is 0 Å². The van der Waals surface area contributed by atoms with E-state index in [0.717, 1.165) is 25.1 Å². The van der Waals surface area contributed by atoms with Crippen molar-refractivity contribution in [2.24, 2.45) is 5.92 Å². The van der Waals surface area contributed by atoms with Gasteiger partial charge in [0.05, 0.1) is 11.6 Å². The molecule has 3 nitrogen and oxygen atoms in total. The highest BCUT2D eigenvalue weighted by molar-refractivity contribution is 6.31. The highest BCUT2D eigenvalue weighted by atomic mass is 35.5. The molecule has 0 saturated carbocycles. The molecule has 1 aromatic rings. The van der Waals surface area contributed by atoms with Crippen LogP contribution in [0.25, 0.3) is 0 Å². The SMILES string of the molecule is CC1CCNC1C(=O)Nc1cc(Cl)cc(C(F)(F)F)c1. The lowest BCUT2D eigenvalue weighted by Gasteiger charge is -2.16. The van der Waals surface area contributed by atoms with Crippen molar-refractivity contribution >= 4 is 23.2 Å². The summed E-state index contributed by atoms with van der Waals surface area (Å²) in [6, 6.07) is 2.62. The quantitative estimate of drug-likeness (QED) is 0.880. The Morgan fingerprint density at radius 1 is 1.40 bits per heavy atom. The number of carbonyl (C=O) groups is 1. The zero-order valence-corrected chi connectivity index (χ0v) is 11.5. The molecule has 0 bridgehead atoms. The van der Waals surface area contributed by atoms with Gasteiger partial charge in [-0.1, -0.05) is 18.5 Å². The van der Waals surface area contributed by atoms with Crippen molar-refractivity contribution in [2.45, 2.75) is 25.6 Å². The minimum absolute atomic E-state index is 0.0516. The fraction of sp³-hybridized carbons (Fsp3) is 0.462. The number of rotatable bonds is 2. The fourth-order valence-corrected chi connectivity index (χ4v) is 2.47. The van der Waals surface area contributed by atoms with Crippen LogP contribution in [0.3, 0.4) is 0 Å². The van der Waals surface area contributed by atoms with E-state index in [4.69, 9.17) is 11.6 Å². The van der Waals surface area contributed by atoms with E-state index in [-0.39, 0.29) is 28.6 Å². The highest BCUT2D eigenvalue weighted by Gasteiger charge is 2.32. The lowest BCUT2D eigenvalue weighted by molar-refractivity contribution is -0.137. The molecule has 1 aliphatic heterocycles. The average molecular weight is 307 g/mol. The van der Waals surface area contributed by atoms with Gasteiger partial charge in [0.1, 0.15) is 0 Å². The monoisotopic (exact) mass is 306 g/mol. The number of alkyl halides is 3. The molecular formula is C13H14ClF3N2O. The van der Waals surface area contributed by atoms with Crippen LogP contribution >= 0.6 is 11.6 Å². The maximum absolute atomic E-state index is 12.7. The summed E-state index contributed by atoms with van der Waals surface area (Å²) in [4.78, 5) is 12.0. The number of hydrogen-bond donors (Lipinski definition) is 2. The molecule has 1 amide bonds. The summed E-state index contributed by atoms with van der Waals surface area (Å²) in [5, 5.41) is 5.43. The van der Waals surface area contributed by atoms with Gasteiger partial charge in [0.15, 0.2) is 0 Å². The number of amides is 1. The second-order valence-electron chi connectivity index (χ2n) is 4.91. The number of hydrogen-bond acceptors (Lipinski definition) is 2. The highest BCUT2D eigenvalue weighted by Crippen LogP contribution is 2.33. The molecule has 0 aliphatic carbocycles. The fourth-order valence-electron chi connectivity index (χ4n) is 2.23. The molecule has 1 aliphatic rings. The Morgan fingerprint density at radius 3 is 2.65 bits per heavy atom. The first-order chi connectivity index (χ1) is 9.27. The van der Waals surface area contributed by atoms with Gasteiger partial charge in [-0.2, -0.15) is 13.2 Å². The molecule has 2 atom stereocenters. The number of anilines is 1. The third kappa shape index (κ3) is 3.43. The van der Waals surface area contributed by atoms with Crippen LogP contribution in [-0.4, -0.2) is 18.5 Å². The average Bonchev–Trinajstić information content (AvgIpc) is 2.73. The molecule has 0 spiro atoms. The maximum atomic E-state index is 12.7. The van der Waals surface area contributed by atoms with E-state index in [9.17, 15) is 18.0 Å². The molecule has 110 valence electrons. The first-order valence-corrected chi connectivity index (χ1v) is 6.57. The molecule has 2 unspecified atom stereocenters. The molecule has 20 heavy (non-hydrogen) atoms. The van der Waals surface area contributed by atoms with Crippen LogP contribution in [0.15, 0.2) is 18.2 Å². The van der Waals surface area contributed by atoms with E-state index < -0.39 is 11.7 Å². The lowest BCUT2D eigenvalue weighted by Crippen LogP contribution is -2.39. The molecule has 1 saturated heterocycles. The summed E-state index contributed by atoms with van der Waals surface area (Å²) >= 11 is 5.66. The van der Waals surface area contributed by atoms with Crippen molar-refractivity contribution in [1.29, 1.82) is 0 Å². The number of nitrogens with one attached hydrogen (secondary N) is 2. The largest absolute Gasteiger partial charge is 0.416 e. The summed E-state index contributed by atoms with van der Waals surface area (Å²) in [6.07, 6.45) is -3.63. The van der Waals surface area contributed by atoms with E-state index in [1.165, 1.54) is 6.07 Å². The van der Waals surface area contributed by atoms with Crippen molar-refractivity contribution in [3.8, 4) is 0 Å². The summed E-state index contributed by atoms with van der Waals surface area (Å²) in [5.74, 6) is -0.193. The van der Waals surface area contributed by atoms with Gasteiger partial charge in [0.2, 0.25) is 5.91 Å². The van der Waals surface area contributed by atoms with Crippen LogP contribution in [0, 0.1) is 5.92 Å². The van der Waals surface area contributed by atoms with Crippen LogP contribution in [0.4, 0.5) is 18.9 Å². The van der Waals surface area contributed by atoms with Crippen molar-refractivity contribution in [3.05, 3.63) is 28.8 Å². The Bertz CT molecular complexity index is 519. The minimum Gasteiger partial charge on any atom is -0.325 e. The van der Waals surface area contributed by atoms with E-state index in [2.05, 4.69) is 10.6 Å². The van der Waals surface area contributed by atoms with Gasteiger partial charge >= 0.3 is 6.18 Å². The third-order valence-corrected chi connectivity index (χ3v) is 3.53. The smallest absolute Gasteiger partial charge is 0.325 e. The first kappa shape index (κ1) is 15.1. The number of benzene rings is 1. The molecular weight excluding hydrogens is 293 g/mol. The summed E-state index contributed by atoms with van der Waals surface area (Å²) < 4.78 is 38.0. The van der Waals surface area contributed by atoms with Gasteiger partial charge < -0.3 is 10.6 Å². The van der Waals surface area contributed by atoms with Gasteiger partial charge in [0.25, 0.3) is 0 Å². The van der Waals surface area contributed by atoms with Crippen LogP contribution in [0.2, 0.25) is 5.02 Å². The standard InChI is InChI=1S/C13H14ClF3N2O/c1-7-2-3-18-11(7)12(20)19-10-5-8(13(15,16)17)4-9(14)6-10/h4-7,11,18H,2-3H2,1H3,(H,19,20). The normalized spacial score (nSPS) is 22.9. The molecule has 1 heterocycles. The van der Waals surface area contributed by atoms with Gasteiger partial charge in [-0.05, 0) is 37.1 Å². The molecule has 1 fully saturated rings. The molecule has 2 rings (SSSR count). The van der Waals surface area contributed by atoms with Crippen molar-refractivity contribution in [1.82, 2.24) is 5.32 Å². The first-order valence-electron chi connectivity index (χ1n) is 6.19. The second-order valence-corrected chi connectivity index (χ2v) is 5.35. The zero-order valence-electron chi connectivity index (χ0n) is 10.7. The predicted molar refractivity (Wildman–Crippen MR) is 70.7 cm³/mol. The lowest BCUT2D eigenvalue weighted by atomic mass is 10.0. The zero-order chi connectivity index (χ0) is 14.9. The molecule has 1 aromatic carbocycles. The summed E-state index contributed by atoms with van der Waals surface area (Å²) in [6.45, 7) is 2.64. The topological polar surface area (TPSA) is 41.1 Å². The van der Waals surface area contributed by atoms with Crippen molar-refractivity contribution < 1.29 is 18.0 Å². The third-order valence-electron chi connectivity index (χ3n) is 3.31. The van der Waals surface area contributed by atoms with Crippen molar-refractivity contribution in [3.63, 3.8) is 0 Å². The molecule has 0 radical (unpaired) electrons. The Labute approximate surface area is 119 Å². The molecule has 2 N–H and O–H groups in total. The van der Waals surface area contributed by atoms with E-state index >= 15 is 0 Å². The van der Waals surface area contributed by atoms with Crippen LogP contribution in [0.1, 0.15) is 18.9 Å². The van der Waals surface area contributed by atoms with Crippen LogP contribution in [-0.2, 0) is 11.0 Å². The van der Waals surface area contributed by atoms with E-state index in [1.807, 2.05) is 6.92 Å². The molecule has 7 heteroatoms. The summed E-state index contributed by atoms with van der Waals surface area (Å²) in [7, 11) is 0. The Balaban J connectivity index is 2.17. The van der Waals surface area contributed by atoms with Gasteiger partial charge in [-0.25, -0.2) is 0 Å². The van der Waals surface area contributed by atoms with Crippen molar-refractivity contribution in [2.75, 3.05) is 11.9 Å². The van der Waals surface area contributed by atoms with Gasteiger partial charge in [0, 0.05) is 10.7 Å². The summed E-state index contributed by atoms with van der Waals surface area (Å²) in [5.41, 5.74) is -0.830. The molecule has 0 aromatic heterocycles. The number of carbonyl (C=O) groups excluding carboxylic acids is 1. The maximum Gasteiger partial charge on any atom is 0.416 e. The van der Waals surface area contributed by atoms with Crippen LogP contribution < -0.4 is 10.6 Å². The van der Waals surface area contributed by atoms with Crippen LogP contribution in [0.5, 0.6) is 0 Å². The Morgan fingerprint density at radius 2 is 2.10 bits per heavy atom. The van der Waals surface area contributed by atoms with E-state index in [1.54, 1.807) is 0 Å². The van der Waals surface area contributed by atoms with E-state index in [0.29, 0.717) is 0 Å².